The van der Waals surface area contributed by atoms with E-state index in [1.54, 1.807) is 13.1 Å². The number of pyridine rings is 1. The summed E-state index contributed by atoms with van der Waals surface area (Å²) in [5.74, 6) is 2.17. The molecule has 2 rings (SSSR count). The molecule has 0 amide bonds. The summed E-state index contributed by atoms with van der Waals surface area (Å²) in [5, 5.41) is 10.3. The number of aromatic nitrogens is 1. The second kappa shape index (κ2) is 5.74. The molecule has 1 saturated heterocycles. The van der Waals surface area contributed by atoms with Crippen molar-refractivity contribution < 1.29 is 5.11 Å². The van der Waals surface area contributed by atoms with Crippen molar-refractivity contribution in [2.45, 2.75) is 31.6 Å². The third-order valence-corrected chi connectivity index (χ3v) is 4.54. The second-order valence-corrected chi connectivity index (χ2v) is 5.88. The average Bonchev–Trinajstić information content (AvgIpc) is 2.39. The Kier molecular flexibility index (Phi) is 4.29. The lowest BCUT2D eigenvalue weighted by molar-refractivity contribution is 0.199. The van der Waals surface area contributed by atoms with E-state index in [-0.39, 0.29) is 0 Å². The van der Waals surface area contributed by atoms with Crippen LogP contribution in [0.5, 0.6) is 0 Å². The van der Waals surface area contributed by atoms with Crippen LogP contribution in [0, 0.1) is 0 Å². The minimum atomic E-state index is -0.419. The first-order valence-electron chi connectivity index (χ1n) is 6.21. The van der Waals surface area contributed by atoms with Crippen LogP contribution in [0.2, 0.25) is 0 Å². The molecule has 1 N–H and O–H groups in total. The highest BCUT2D eigenvalue weighted by molar-refractivity contribution is 8.00. The Labute approximate surface area is 107 Å². The van der Waals surface area contributed by atoms with Gasteiger partial charge in [0.15, 0.2) is 0 Å². The molecule has 0 bridgehead atoms. The van der Waals surface area contributed by atoms with E-state index in [4.69, 9.17) is 0 Å². The predicted octanol–water partition coefficient (Wildman–Crippen LogP) is 2.47. The van der Waals surface area contributed by atoms with Crippen LogP contribution in [0.1, 0.15) is 31.9 Å². The molecule has 0 aliphatic carbocycles. The normalized spacial score (nSPS) is 22.5. The van der Waals surface area contributed by atoms with Crippen molar-refractivity contribution in [3.05, 3.63) is 23.9 Å². The Morgan fingerprint density at radius 3 is 3.18 bits per heavy atom. The van der Waals surface area contributed by atoms with Gasteiger partial charge in [-0.1, -0.05) is 6.92 Å². The molecule has 0 saturated carbocycles. The van der Waals surface area contributed by atoms with Gasteiger partial charge in [0.05, 0.1) is 6.10 Å². The Bertz CT molecular complexity index is 370. The van der Waals surface area contributed by atoms with Gasteiger partial charge in [-0.05, 0) is 31.0 Å². The van der Waals surface area contributed by atoms with Crippen LogP contribution in [0.3, 0.4) is 0 Å². The average molecular weight is 252 g/mol. The molecule has 1 aliphatic rings. The van der Waals surface area contributed by atoms with Gasteiger partial charge in [-0.25, -0.2) is 4.98 Å². The van der Waals surface area contributed by atoms with Crippen LogP contribution in [-0.2, 0) is 0 Å². The number of nitrogens with zero attached hydrogens (tertiary/aromatic N) is 2. The minimum absolute atomic E-state index is 0.419. The molecule has 1 aromatic rings. The molecule has 0 aromatic carbocycles. The molecular weight excluding hydrogens is 232 g/mol. The lowest BCUT2D eigenvalue weighted by Crippen LogP contribution is -2.38. The van der Waals surface area contributed by atoms with Gasteiger partial charge in [0.25, 0.3) is 0 Å². The monoisotopic (exact) mass is 252 g/mol. The molecule has 4 heteroatoms. The zero-order valence-electron chi connectivity index (χ0n) is 10.5. The first kappa shape index (κ1) is 12.7. The van der Waals surface area contributed by atoms with Crippen molar-refractivity contribution in [2.24, 2.45) is 0 Å². The molecule has 1 unspecified atom stereocenters. The van der Waals surface area contributed by atoms with Crippen LogP contribution >= 0.6 is 11.8 Å². The fourth-order valence-electron chi connectivity index (χ4n) is 2.04. The number of anilines is 1. The van der Waals surface area contributed by atoms with E-state index in [0.717, 1.165) is 24.5 Å². The molecule has 3 nitrogen and oxygen atoms in total. The maximum atomic E-state index is 9.59. The lowest BCUT2D eigenvalue weighted by atomic mass is 10.1. The van der Waals surface area contributed by atoms with Gasteiger partial charge in [-0.2, -0.15) is 11.8 Å². The predicted molar refractivity (Wildman–Crippen MR) is 73.6 cm³/mol. The maximum absolute atomic E-state index is 9.59. The minimum Gasteiger partial charge on any atom is -0.389 e. The molecule has 1 aromatic heterocycles. The van der Waals surface area contributed by atoms with Crippen molar-refractivity contribution >= 4 is 17.6 Å². The summed E-state index contributed by atoms with van der Waals surface area (Å²) in [6.45, 7) is 6.15. The highest BCUT2D eigenvalue weighted by Gasteiger charge is 2.20. The van der Waals surface area contributed by atoms with E-state index in [9.17, 15) is 5.11 Å². The standard InChI is InChI=1S/C13H20N2OS/c1-3-12-9-15(6-7-17-12)13-8-11(10(2)16)4-5-14-13/h4-5,8,10,12,16H,3,6-7,9H2,1-2H3/t10-,12?/m0/s1. The van der Waals surface area contributed by atoms with E-state index in [1.165, 1.54) is 12.2 Å². The summed E-state index contributed by atoms with van der Waals surface area (Å²) < 4.78 is 0. The summed E-state index contributed by atoms with van der Waals surface area (Å²) in [4.78, 5) is 6.75. The van der Waals surface area contributed by atoms with Crippen molar-refractivity contribution in [2.75, 3.05) is 23.7 Å². The summed E-state index contributed by atoms with van der Waals surface area (Å²) >= 11 is 2.05. The molecular formula is C13H20N2OS. The Morgan fingerprint density at radius 2 is 2.47 bits per heavy atom. The van der Waals surface area contributed by atoms with Crippen molar-refractivity contribution in [3.63, 3.8) is 0 Å². The third kappa shape index (κ3) is 3.13. The Balaban J connectivity index is 2.13. The van der Waals surface area contributed by atoms with E-state index >= 15 is 0 Å². The van der Waals surface area contributed by atoms with Gasteiger partial charge in [0.2, 0.25) is 0 Å². The smallest absolute Gasteiger partial charge is 0.128 e. The van der Waals surface area contributed by atoms with E-state index < -0.39 is 6.10 Å². The van der Waals surface area contributed by atoms with Crippen LogP contribution in [-0.4, -0.2) is 34.2 Å². The summed E-state index contributed by atoms with van der Waals surface area (Å²) in [7, 11) is 0. The summed E-state index contributed by atoms with van der Waals surface area (Å²) in [5.41, 5.74) is 0.946. The number of hydrogen-bond donors (Lipinski definition) is 1. The van der Waals surface area contributed by atoms with Gasteiger partial charge in [0.1, 0.15) is 5.82 Å². The molecule has 1 aliphatic heterocycles. The number of aliphatic hydroxyl groups is 1. The van der Waals surface area contributed by atoms with Crippen molar-refractivity contribution in [3.8, 4) is 0 Å². The molecule has 2 heterocycles. The van der Waals surface area contributed by atoms with Crippen molar-refractivity contribution in [1.29, 1.82) is 0 Å². The topological polar surface area (TPSA) is 36.4 Å². The van der Waals surface area contributed by atoms with Gasteiger partial charge in [-0.3, -0.25) is 0 Å². The molecule has 94 valence electrons. The fourth-order valence-corrected chi connectivity index (χ4v) is 3.22. The number of aliphatic hydroxyl groups excluding tert-OH is 1. The van der Waals surface area contributed by atoms with Crippen LogP contribution in [0.25, 0.3) is 0 Å². The first-order chi connectivity index (χ1) is 8.20. The van der Waals surface area contributed by atoms with E-state index in [1.807, 2.05) is 12.1 Å². The van der Waals surface area contributed by atoms with Gasteiger partial charge < -0.3 is 10.0 Å². The zero-order chi connectivity index (χ0) is 12.3. The molecule has 1 fully saturated rings. The molecule has 17 heavy (non-hydrogen) atoms. The largest absolute Gasteiger partial charge is 0.389 e. The lowest BCUT2D eigenvalue weighted by Gasteiger charge is -2.33. The molecule has 0 spiro atoms. The quantitative estimate of drug-likeness (QED) is 0.896. The second-order valence-electron chi connectivity index (χ2n) is 4.47. The first-order valence-corrected chi connectivity index (χ1v) is 7.26. The fraction of sp³-hybridized carbons (Fsp3) is 0.615. The molecule has 2 atom stereocenters. The summed E-state index contributed by atoms with van der Waals surface area (Å²) in [6, 6.07) is 3.89. The van der Waals surface area contributed by atoms with Gasteiger partial charge in [0, 0.05) is 30.3 Å². The number of thioether (sulfide) groups is 1. The highest BCUT2D eigenvalue weighted by Crippen LogP contribution is 2.25. The van der Waals surface area contributed by atoms with Crippen LogP contribution < -0.4 is 4.90 Å². The van der Waals surface area contributed by atoms with Crippen LogP contribution in [0.4, 0.5) is 5.82 Å². The maximum Gasteiger partial charge on any atom is 0.128 e. The summed E-state index contributed by atoms with van der Waals surface area (Å²) in [6.07, 6.45) is 2.58. The zero-order valence-corrected chi connectivity index (χ0v) is 11.3. The van der Waals surface area contributed by atoms with E-state index in [0.29, 0.717) is 5.25 Å². The molecule has 0 radical (unpaired) electrons. The Morgan fingerprint density at radius 1 is 1.65 bits per heavy atom. The number of hydrogen-bond acceptors (Lipinski definition) is 4. The number of rotatable bonds is 3. The van der Waals surface area contributed by atoms with Gasteiger partial charge in [-0.15, -0.1) is 0 Å². The van der Waals surface area contributed by atoms with Crippen molar-refractivity contribution in [1.82, 2.24) is 4.98 Å². The highest BCUT2D eigenvalue weighted by atomic mass is 32.2. The SMILES string of the molecule is CCC1CN(c2cc([C@H](C)O)ccn2)CCS1. The van der Waals surface area contributed by atoms with Crippen LogP contribution in [0.15, 0.2) is 18.3 Å². The van der Waals surface area contributed by atoms with E-state index in [2.05, 4.69) is 28.6 Å². The third-order valence-electron chi connectivity index (χ3n) is 3.17. The Hall–Kier alpha value is -0.740. The van der Waals surface area contributed by atoms with Gasteiger partial charge >= 0.3 is 0 Å².